The van der Waals surface area contributed by atoms with Gasteiger partial charge in [0.2, 0.25) is 0 Å². The van der Waals surface area contributed by atoms with Gasteiger partial charge in [-0.2, -0.15) is 0 Å². The van der Waals surface area contributed by atoms with Crippen LogP contribution >= 0.6 is 28.1 Å². The second-order valence-corrected chi connectivity index (χ2v) is 6.46. The molecule has 0 bridgehead atoms. The standard InChI is InChI=1S/C15H16BrFN2S/c16-11-8-13-14(9-12(11)17)19(15(20)18-13)7-6-10-4-2-1-3-5-10/h4,8-9H,1-3,5-7H2,(H,18,20). The second-order valence-electron chi connectivity index (χ2n) is 5.22. The minimum atomic E-state index is -0.253. The molecule has 0 aliphatic heterocycles. The number of allylic oxidation sites excluding steroid dienone is 2. The first-order valence-corrected chi connectivity index (χ1v) is 8.11. The number of hydrogen-bond donors (Lipinski definition) is 1. The van der Waals surface area contributed by atoms with Gasteiger partial charge in [0.1, 0.15) is 5.82 Å². The maximum atomic E-state index is 13.7. The van der Waals surface area contributed by atoms with Gasteiger partial charge < -0.3 is 9.55 Å². The van der Waals surface area contributed by atoms with Crippen molar-refractivity contribution in [1.29, 1.82) is 0 Å². The van der Waals surface area contributed by atoms with E-state index in [2.05, 4.69) is 27.0 Å². The van der Waals surface area contributed by atoms with Crippen molar-refractivity contribution in [1.82, 2.24) is 9.55 Å². The Balaban J connectivity index is 1.90. The summed E-state index contributed by atoms with van der Waals surface area (Å²) >= 11 is 8.56. The first-order chi connectivity index (χ1) is 9.65. The average Bonchev–Trinajstić information content (AvgIpc) is 2.73. The van der Waals surface area contributed by atoms with E-state index in [0.717, 1.165) is 24.0 Å². The molecule has 1 aliphatic carbocycles. The van der Waals surface area contributed by atoms with Crippen LogP contribution in [0.2, 0.25) is 0 Å². The Labute approximate surface area is 130 Å². The van der Waals surface area contributed by atoms with Crippen molar-refractivity contribution in [3.05, 3.63) is 38.8 Å². The van der Waals surface area contributed by atoms with E-state index in [0.29, 0.717) is 9.24 Å². The summed E-state index contributed by atoms with van der Waals surface area (Å²) in [5, 5.41) is 0. The number of halogens is 2. The molecule has 0 amide bonds. The SMILES string of the molecule is Fc1cc2c(cc1Br)[nH]c(=S)n2CCC1=CCCCC1. The van der Waals surface area contributed by atoms with E-state index in [1.807, 2.05) is 4.57 Å². The molecule has 2 nitrogen and oxygen atoms in total. The molecule has 106 valence electrons. The molecule has 2 aromatic rings. The molecule has 0 unspecified atom stereocenters. The van der Waals surface area contributed by atoms with Crippen LogP contribution in [-0.2, 0) is 6.54 Å². The Morgan fingerprint density at radius 2 is 2.20 bits per heavy atom. The van der Waals surface area contributed by atoms with Gasteiger partial charge in [-0.05, 0) is 66.3 Å². The van der Waals surface area contributed by atoms with Crippen molar-refractivity contribution < 1.29 is 4.39 Å². The molecule has 1 aromatic heterocycles. The second kappa shape index (κ2) is 5.82. The number of hydrogen-bond acceptors (Lipinski definition) is 1. The molecule has 0 radical (unpaired) electrons. The number of rotatable bonds is 3. The highest BCUT2D eigenvalue weighted by atomic mass is 79.9. The van der Waals surface area contributed by atoms with Gasteiger partial charge >= 0.3 is 0 Å². The quantitative estimate of drug-likeness (QED) is 0.570. The minimum Gasteiger partial charge on any atom is -0.331 e. The summed E-state index contributed by atoms with van der Waals surface area (Å²) in [6.45, 7) is 0.811. The first kappa shape index (κ1) is 14.0. The van der Waals surface area contributed by atoms with Crippen LogP contribution in [0.15, 0.2) is 28.3 Å². The third-order valence-corrected chi connectivity index (χ3v) is 4.79. The Bertz CT molecular complexity index is 729. The summed E-state index contributed by atoms with van der Waals surface area (Å²) in [5.74, 6) is -0.253. The van der Waals surface area contributed by atoms with Crippen LogP contribution in [0.1, 0.15) is 32.1 Å². The summed E-state index contributed by atoms with van der Waals surface area (Å²) in [6.07, 6.45) is 8.31. The summed E-state index contributed by atoms with van der Waals surface area (Å²) in [4.78, 5) is 3.14. The van der Waals surface area contributed by atoms with Crippen LogP contribution in [0, 0.1) is 10.6 Å². The van der Waals surface area contributed by atoms with E-state index in [4.69, 9.17) is 12.2 Å². The van der Waals surface area contributed by atoms with Crippen molar-refractivity contribution in [2.45, 2.75) is 38.6 Å². The van der Waals surface area contributed by atoms with Gasteiger partial charge in [-0.25, -0.2) is 4.39 Å². The lowest BCUT2D eigenvalue weighted by atomic mass is 9.97. The van der Waals surface area contributed by atoms with Crippen LogP contribution in [0.3, 0.4) is 0 Å². The van der Waals surface area contributed by atoms with E-state index in [1.165, 1.54) is 31.3 Å². The molecule has 1 heterocycles. The molecule has 1 aromatic carbocycles. The zero-order valence-corrected chi connectivity index (χ0v) is 13.5. The van der Waals surface area contributed by atoms with Crippen molar-refractivity contribution in [2.24, 2.45) is 0 Å². The van der Waals surface area contributed by atoms with Crippen LogP contribution in [0.4, 0.5) is 4.39 Å². The molecule has 5 heteroatoms. The normalized spacial score (nSPS) is 15.6. The fourth-order valence-corrected chi connectivity index (χ4v) is 3.40. The highest BCUT2D eigenvalue weighted by Crippen LogP contribution is 2.25. The largest absolute Gasteiger partial charge is 0.331 e. The summed E-state index contributed by atoms with van der Waals surface area (Å²) < 4.78 is 16.8. The lowest BCUT2D eigenvalue weighted by Crippen LogP contribution is -2.01. The molecule has 1 N–H and O–H groups in total. The fourth-order valence-electron chi connectivity index (χ4n) is 2.76. The molecule has 0 fully saturated rings. The van der Waals surface area contributed by atoms with Crippen molar-refractivity contribution in [3.63, 3.8) is 0 Å². The highest BCUT2D eigenvalue weighted by molar-refractivity contribution is 9.10. The maximum absolute atomic E-state index is 13.7. The van der Waals surface area contributed by atoms with E-state index >= 15 is 0 Å². The van der Waals surface area contributed by atoms with Gasteiger partial charge in [-0.15, -0.1) is 0 Å². The number of aryl methyl sites for hydroxylation is 1. The fraction of sp³-hybridized carbons (Fsp3) is 0.400. The van der Waals surface area contributed by atoms with Gasteiger partial charge in [-0.3, -0.25) is 0 Å². The summed E-state index contributed by atoms with van der Waals surface area (Å²) in [7, 11) is 0. The van der Waals surface area contributed by atoms with E-state index in [1.54, 1.807) is 12.1 Å². The summed E-state index contributed by atoms with van der Waals surface area (Å²) in [5.41, 5.74) is 3.22. The van der Waals surface area contributed by atoms with Crippen molar-refractivity contribution in [3.8, 4) is 0 Å². The number of benzene rings is 1. The Hall–Kier alpha value is -0.940. The first-order valence-electron chi connectivity index (χ1n) is 6.90. The molecule has 0 saturated carbocycles. The third-order valence-electron chi connectivity index (χ3n) is 3.86. The van der Waals surface area contributed by atoms with Gasteiger partial charge in [0.15, 0.2) is 4.77 Å². The monoisotopic (exact) mass is 354 g/mol. The molecule has 3 rings (SSSR count). The lowest BCUT2D eigenvalue weighted by Gasteiger charge is -2.13. The van der Waals surface area contributed by atoms with Crippen LogP contribution in [-0.4, -0.2) is 9.55 Å². The molecular formula is C15H16BrFN2S. The molecular weight excluding hydrogens is 339 g/mol. The van der Waals surface area contributed by atoms with Gasteiger partial charge in [0.05, 0.1) is 15.5 Å². The molecule has 0 spiro atoms. The van der Waals surface area contributed by atoms with Crippen LogP contribution in [0.5, 0.6) is 0 Å². The number of nitrogens with zero attached hydrogens (tertiary/aromatic N) is 1. The van der Waals surface area contributed by atoms with E-state index < -0.39 is 0 Å². The van der Waals surface area contributed by atoms with Crippen LogP contribution < -0.4 is 0 Å². The minimum absolute atomic E-state index is 0.253. The van der Waals surface area contributed by atoms with Gasteiger partial charge in [-0.1, -0.05) is 11.6 Å². The predicted octanol–water partition coefficient (Wildman–Crippen LogP) is 5.49. The topological polar surface area (TPSA) is 20.7 Å². The number of aromatic nitrogens is 2. The number of H-pyrrole nitrogens is 1. The number of imidazole rings is 1. The Morgan fingerprint density at radius 1 is 1.35 bits per heavy atom. The van der Waals surface area contributed by atoms with Gasteiger partial charge in [0, 0.05) is 12.6 Å². The number of fused-ring (bicyclic) bond motifs is 1. The number of aromatic amines is 1. The molecule has 1 aliphatic rings. The molecule has 20 heavy (non-hydrogen) atoms. The predicted molar refractivity (Wildman–Crippen MR) is 85.9 cm³/mol. The van der Waals surface area contributed by atoms with Crippen molar-refractivity contribution in [2.75, 3.05) is 0 Å². The third kappa shape index (κ3) is 2.74. The zero-order chi connectivity index (χ0) is 14.1. The Morgan fingerprint density at radius 3 is 2.95 bits per heavy atom. The molecule has 0 saturated heterocycles. The molecule has 0 atom stereocenters. The zero-order valence-electron chi connectivity index (χ0n) is 11.1. The smallest absolute Gasteiger partial charge is 0.178 e. The maximum Gasteiger partial charge on any atom is 0.178 e. The highest BCUT2D eigenvalue weighted by Gasteiger charge is 2.10. The van der Waals surface area contributed by atoms with E-state index in [-0.39, 0.29) is 5.82 Å². The van der Waals surface area contributed by atoms with Crippen LogP contribution in [0.25, 0.3) is 11.0 Å². The summed E-state index contributed by atoms with van der Waals surface area (Å²) in [6, 6.07) is 3.29. The average molecular weight is 355 g/mol. The van der Waals surface area contributed by atoms with Crippen molar-refractivity contribution >= 4 is 39.2 Å². The Kier molecular flexibility index (Phi) is 4.08. The van der Waals surface area contributed by atoms with E-state index in [9.17, 15) is 4.39 Å². The number of nitrogens with one attached hydrogen (secondary N) is 1. The van der Waals surface area contributed by atoms with Gasteiger partial charge in [0.25, 0.3) is 0 Å². The lowest BCUT2D eigenvalue weighted by molar-refractivity contribution is 0.616.